The monoisotopic (exact) mass is 295 g/mol. The summed E-state index contributed by atoms with van der Waals surface area (Å²) in [6, 6.07) is 13.2. The first-order chi connectivity index (χ1) is 8.63. The third-order valence-corrected chi connectivity index (χ3v) is 3.15. The number of nitrogens with two attached hydrogens (primary N) is 1. The van der Waals surface area contributed by atoms with Crippen molar-refractivity contribution < 1.29 is 9.53 Å². The van der Waals surface area contributed by atoms with Crippen LogP contribution in [0, 0.1) is 0 Å². The number of anilines is 1. The molecule has 0 aliphatic rings. The van der Waals surface area contributed by atoms with Gasteiger partial charge in [-0.15, -0.1) is 25.0 Å². The molecule has 0 atom stereocenters. The fourth-order valence-electron chi connectivity index (χ4n) is 1.72. The van der Waals surface area contributed by atoms with Gasteiger partial charge in [0.15, 0.2) is 0 Å². The number of ether oxygens (including phenoxy) is 1. The smallest absolute Gasteiger partial charge is 0.339 e. The Morgan fingerprint density at radius 1 is 1.16 bits per heavy atom. The number of hydrogen-bond donors (Lipinski definition) is 2. The topological polar surface area (TPSA) is 52.3 Å². The van der Waals surface area contributed by atoms with Crippen molar-refractivity contribution in [3.05, 3.63) is 48.0 Å². The highest BCUT2D eigenvalue weighted by Crippen LogP contribution is 2.29. The maximum atomic E-state index is 11.6. The predicted octanol–water partition coefficient (Wildman–Crippen LogP) is 3.43. The van der Waals surface area contributed by atoms with Gasteiger partial charge in [0, 0.05) is 10.6 Å². The molecule has 0 unspecified atom stereocenters. The lowest BCUT2D eigenvalue weighted by Crippen LogP contribution is -2.05. The van der Waals surface area contributed by atoms with Crippen LogP contribution in [0.15, 0.2) is 47.4 Å². The van der Waals surface area contributed by atoms with Gasteiger partial charge in [-0.1, -0.05) is 30.3 Å². The molecule has 2 N–H and O–H groups in total. The SMILES string of the molecule is COC(=O)c1cc(-c2ccccc2)cc(N)c1S.Cl. The van der Waals surface area contributed by atoms with E-state index in [1.165, 1.54) is 7.11 Å². The van der Waals surface area contributed by atoms with Crippen LogP contribution in [-0.4, -0.2) is 13.1 Å². The zero-order valence-electron chi connectivity index (χ0n) is 10.3. The number of carbonyl (C=O) groups excluding carboxylic acids is 1. The van der Waals surface area contributed by atoms with Crippen molar-refractivity contribution in [2.45, 2.75) is 4.90 Å². The number of rotatable bonds is 2. The summed E-state index contributed by atoms with van der Waals surface area (Å²) in [6.07, 6.45) is 0. The zero-order chi connectivity index (χ0) is 13.1. The van der Waals surface area contributed by atoms with Crippen LogP contribution in [0.5, 0.6) is 0 Å². The van der Waals surface area contributed by atoms with Crippen LogP contribution in [-0.2, 0) is 4.74 Å². The summed E-state index contributed by atoms with van der Waals surface area (Å²) in [4.78, 5) is 12.1. The number of esters is 1. The number of thiol groups is 1. The fourth-order valence-corrected chi connectivity index (χ4v) is 1.94. The highest BCUT2D eigenvalue weighted by molar-refractivity contribution is 7.80. The lowest BCUT2D eigenvalue weighted by molar-refractivity contribution is 0.0597. The van der Waals surface area contributed by atoms with Crippen LogP contribution in [0.1, 0.15) is 10.4 Å². The van der Waals surface area contributed by atoms with E-state index in [9.17, 15) is 4.79 Å². The van der Waals surface area contributed by atoms with E-state index in [2.05, 4.69) is 12.6 Å². The van der Waals surface area contributed by atoms with Gasteiger partial charge in [0.2, 0.25) is 0 Å². The van der Waals surface area contributed by atoms with E-state index in [0.29, 0.717) is 16.1 Å². The molecule has 0 bridgehead atoms. The summed E-state index contributed by atoms with van der Waals surface area (Å²) in [5.74, 6) is -0.440. The molecule has 100 valence electrons. The summed E-state index contributed by atoms with van der Waals surface area (Å²) < 4.78 is 4.72. The number of methoxy groups -OCH3 is 1. The molecule has 3 nitrogen and oxygen atoms in total. The van der Waals surface area contributed by atoms with E-state index in [0.717, 1.165) is 11.1 Å². The van der Waals surface area contributed by atoms with Crippen molar-refractivity contribution in [1.82, 2.24) is 0 Å². The van der Waals surface area contributed by atoms with E-state index in [1.807, 2.05) is 30.3 Å². The molecule has 0 fully saturated rings. The predicted molar refractivity (Wildman–Crippen MR) is 82.1 cm³/mol. The Balaban J connectivity index is 0.00000180. The van der Waals surface area contributed by atoms with Gasteiger partial charge in [-0.3, -0.25) is 0 Å². The first-order valence-corrected chi connectivity index (χ1v) is 5.84. The number of halogens is 1. The highest BCUT2D eigenvalue weighted by atomic mass is 35.5. The van der Waals surface area contributed by atoms with Gasteiger partial charge in [-0.25, -0.2) is 4.79 Å². The van der Waals surface area contributed by atoms with Crippen molar-refractivity contribution in [2.24, 2.45) is 0 Å². The van der Waals surface area contributed by atoms with Crippen molar-refractivity contribution in [2.75, 3.05) is 12.8 Å². The van der Waals surface area contributed by atoms with E-state index < -0.39 is 5.97 Å². The maximum Gasteiger partial charge on any atom is 0.339 e. The molecule has 0 radical (unpaired) electrons. The molecule has 0 saturated carbocycles. The van der Waals surface area contributed by atoms with Gasteiger partial charge in [-0.05, 0) is 23.3 Å². The second kappa shape index (κ2) is 6.50. The minimum absolute atomic E-state index is 0. The molecular formula is C14H14ClNO2S. The third-order valence-electron chi connectivity index (χ3n) is 2.65. The van der Waals surface area contributed by atoms with Crippen LogP contribution >= 0.6 is 25.0 Å². The molecule has 0 aliphatic heterocycles. The molecule has 0 heterocycles. The number of nitrogen functional groups attached to an aromatic ring is 1. The Kier molecular flexibility index (Phi) is 5.27. The molecule has 5 heteroatoms. The molecule has 0 amide bonds. The number of benzene rings is 2. The van der Waals surface area contributed by atoms with Crippen LogP contribution in [0.25, 0.3) is 11.1 Å². The summed E-state index contributed by atoms with van der Waals surface area (Å²) in [5, 5.41) is 0. The van der Waals surface area contributed by atoms with Crippen molar-refractivity contribution in [1.29, 1.82) is 0 Å². The fraction of sp³-hybridized carbons (Fsp3) is 0.0714. The second-order valence-corrected chi connectivity index (χ2v) is 4.27. The van der Waals surface area contributed by atoms with Gasteiger partial charge in [0.1, 0.15) is 0 Å². The lowest BCUT2D eigenvalue weighted by atomic mass is 10.0. The average Bonchev–Trinajstić information content (AvgIpc) is 2.41. The summed E-state index contributed by atoms with van der Waals surface area (Å²) >= 11 is 4.24. The number of carbonyl (C=O) groups is 1. The normalized spacial score (nSPS) is 9.58. The summed E-state index contributed by atoms with van der Waals surface area (Å²) in [6.45, 7) is 0. The quantitative estimate of drug-likeness (QED) is 0.507. The van der Waals surface area contributed by atoms with Crippen LogP contribution < -0.4 is 5.73 Å². The van der Waals surface area contributed by atoms with Crippen LogP contribution in [0.4, 0.5) is 5.69 Å². The van der Waals surface area contributed by atoms with Gasteiger partial charge < -0.3 is 10.5 Å². The minimum atomic E-state index is -0.440. The van der Waals surface area contributed by atoms with E-state index >= 15 is 0 Å². The first-order valence-electron chi connectivity index (χ1n) is 5.39. The highest BCUT2D eigenvalue weighted by Gasteiger charge is 2.14. The van der Waals surface area contributed by atoms with Gasteiger partial charge in [0.05, 0.1) is 12.7 Å². The van der Waals surface area contributed by atoms with E-state index in [4.69, 9.17) is 10.5 Å². The third kappa shape index (κ3) is 3.22. The van der Waals surface area contributed by atoms with Gasteiger partial charge in [-0.2, -0.15) is 0 Å². The zero-order valence-corrected chi connectivity index (χ0v) is 12.0. The summed E-state index contributed by atoms with van der Waals surface area (Å²) in [5.41, 5.74) is 8.56. The van der Waals surface area contributed by atoms with E-state index in [-0.39, 0.29) is 12.4 Å². The van der Waals surface area contributed by atoms with Gasteiger partial charge in [0.25, 0.3) is 0 Å². The molecule has 2 aromatic rings. The number of hydrogen-bond acceptors (Lipinski definition) is 4. The second-order valence-electron chi connectivity index (χ2n) is 3.82. The Hall–Kier alpha value is -1.65. The molecule has 19 heavy (non-hydrogen) atoms. The molecule has 0 saturated heterocycles. The Morgan fingerprint density at radius 2 is 1.79 bits per heavy atom. The van der Waals surface area contributed by atoms with E-state index in [1.54, 1.807) is 12.1 Å². The van der Waals surface area contributed by atoms with Crippen LogP contribution in [0.3, 0.4) is 0 Å². The average molecular weight is 296 g/mol. The maximum absolute atomic E-state index is 11.6. The molecule has 0 spiro atoms. The lowest BCUT2D eigenvalue weighted by Gasteiger charge is -2.10. The van der Waals surface area contributed by atoms with Crippen molar-refractivity contribution in [3.63, 3.8) is 0 Å². The first kappa shape index (κ1) is 15.4. The summed E-state index contributed by atoms with van der Waals surface area (Å²) in [7, 11) is 1.33. The van der Waals surface area contributed by atoms with Crippen molar-refractivity contribution in [3.8, 4) is 11.1 Å². The Labute approximate surface area is 123 Å². The molecule has 2 aromatic carbocycles. The minimum Gasteiger partial charge on any atom is -0.465 e. The largest absolute Gasteiger partial charge is 0.465 e. The van der Waals surface area contributed by atoms with Crippen molar-refractivity contribution >= 4 is 36.7 Å². The van der Waals surface area contributed by atoms with Gasteiger partial charge >= 0.3 is 5.97 Å². The van der Waals surface area contributed by atoms with Crippen LogP contribution in [0.2, 0.25) is 0 Å². The molecule has 0 aliphatic carbocycles. The standard InChI is InChI=1S/C14H13NO2S.ClH/c1-17-14(16)11-7-10(8-12(15)13(11)18)9-5-3-2-4-6-9;/h2-8,18H,15H2,1H3;1H. The Bertz CT molecular complexity index is 587. The Morgan fingerprint density at radius 3 is 2.37 bits per heavy atom. The molecule has 2 rings (SSSR count). The molecular weight excluding hydrogens is 282 g/mol. The molecule has 0 aromatic heterocycles.